The molecule has 5 heteroatoms. The van der Waals surface area contributed by atoms with Crippen LogP contribution in [-0.2, 0) is 9.59 Å². The predicted molar refractivity (Wildman–Crippen MR) is 70.0 cm³/mol. The van der Waals surface area contributed by atoms with Gasteiger partial charge in [0.1, 0.15) is 5.82 Å². The first-order chi connectivity index (χ1) is 8.59. The van der Waals surface area contributed by atoms with Crippen LogP contribution in [0.3, 0.4) is 0 Å². The Morgan fingerprint density at radius 3 is 2.44 bits per heavy atom. The van der Waals surface area contributed by atoms with Crippen molar-refractivity contribution >= 4 is 33.6 Å². The van der Waals surface area contributed by atoms with E-state index in [9.17, 15) is 9.59 Å². The molecule has 1 saturated heterocycles. The van der Waals surface area contributed by atoms with Crippen LogP contribution in [0.25, 0.3) is 0 Å². The van der Waals surface area contributed by atoms with Gasteiger partial charge in [-0.15, -0.1) is 0 Å². The molecule has 2 unspecified atom stereocenters. The molecule has 94 valence electrons. The molecule has 0 radical (unpaired) electrons. The molecular weight excluding hydrogens is 296 g/mol. The van der Waals surface area contributed by atoms with Crippen molar-refractivity contribution in [1.29, 1.82) is 0 Å². The van der Waals surface area contributed by atoms with Crippen molar-refractivity contribution in [3.05, 3.63) is 22.3 Å². The number of fused-ring (bicyclic) bond motifs is 1. The van der Waals surface area contributed by atoms with Gasteiger partial charge in [0.15, 0.2) is 0 Å². The van der Waals surface area contributed by atoms with Gasteiger partial charge < -0.3 is 0 Å². The van der Waals surface area contributed by atoms with Crippen molar-refractivity contribution in [2.24, 2.45) is 11.8 Å². The normalized spacial score (nSPS) is 26.9. The van der Waals surface area contributed by atoms with Crippen molar-refractivity contribution in [3.8, 4) is 0 Å². The molecule has 1 aliphatic carbocycles. The molecule has 0 aromatic carbocycles. The third-order valence-electron chi connectivity index (χ3n) is 3.82. The Bertz CT molecular complexity index is 522. The van der Waals surface area contributed by atoms with E-state index in [2.05, 4.69) is 20.9 Å². The van der Waals surface area contributed by atoms with Crippen molar-refractivity contribution in [2.75, 3.05) is 4.90 Å². The van der Waals surface area contributed by atoms with Crippen molar-refractivity contribution in [1.82, 2.24) is 4.98 Å². The van der Waals surface area contributed by atoms with Gasteiger partial charge in [-0.3, -0.25) is 9.59 Å². The molecule has 0 bridgehead atoms. The first-order valence-corrected chi connectivity index (χ1v) is 6.89. The summed E-state index contributed by atoms with van der Waals surface area (Å²) < 4.78 is 0.850. The van der Waals surface area contributed by atoms with Crippen molar-refractivity contribution in [3.63, 3.8) is 0 Å². The molecule has 2 aliphatic rings. The Morgan fingerprint density at radius 1 is 1.28 bits per heavy atom. The summed E-state index contributed by atoms with van der Waals surface area (Å²) in [4.78, 5) is 30.1. The second-order valence-electron chi connectivity index (χ2n) is 4.95. The highest BCUT2D eigenvalue weighted by atomic mass is 79.9. The van der Waals surface area contributed by atoms with E-state index in [0.29, 0.717) is 5.82 Å². The third kappa shape index (κ3) is 1.61. The summed E-state index contributed by atoms with van der Waals surface area (Å²) in [6.45, 7) is 1.86. The van der Waals surface area contributed by atoms with Crippen molar-refractivity contribution in [2.45, 2.75) is 26.2 Å². The molecule has 1 saturated carbocycles. The van der Waals surface area contributed by atoms with Gasteiger partial charge >= 0.3 is 0 Å². The smallest absolute Gasteiger partial charge is 0.238 e. The van der Waals surface area contributed by atoms with Crippen LogP contribution in [0, 0.1) is 18.8 Å². The highest BCUT2D eigenvalue weighted by molar-refractivity contribution is 9.10. The summed E-state index contributed by atoms with van der Waals surface area (Å²) in [6, 6.07) is 1.87. The Morgan fingerprint density at radius 2 is 1.89 bits per heavy atom. The Kier molecular flexibility index (Phi) is 2.73. The second kappa shape index (κ2) is 4.16. The molecule has 2 heterocycles. The molecule has 1 aromatic heterocycles. The fourth-order valence-corrected chi connectivity index (χ4v) is 3.41. The molecule has 2 atom stereocenters. The number of hydrogen-bond acceptors (Lipinski definition) is 3. The number of pyridine rings is 1. The molecule has 3 rings (SSSR count). The molecule has 4 nitrogen and oxygen atoms in total. The van der Waals surface area contributed by atoms with Crippen LogP contribution >= 0.6 is 15.9 Å². The lowest BCUT2D eigenvalue weighted by molar-refractivity contribution is -0.122. The zero-order chi connectivity index (χ0) is 12.9. The minimum atomic E-state index is -0.109. The SMILES string of the molecule is Cc1cc(Br)cnc1N1C(=O)C2CCCC2C1=O. The zero-order valence-corrected chi connectivity index (χ0v) is 11.6. The van der Waals surface area contributed by atoms with E-state index in [1.807, 2.05) is 13.0 Å². The molecule has 0 N–H and O–H groups in total. The fourth-order valence-electron chi connectivity index (χ4n) is 2.97. The van der Waals surface area contributed by atoms with E-state index in [-0.39, 0.29) is 23.7 Å². The first kappa shape index (κ1) is 11.8. The highest BCUT2D eigenvalue weighted by Crippen LogP contribution is 2.41. The Hall–Kier alpha value is -1.23. The van der Waals surface area contributed by atoms with E-state index < -0.39 is 0 Å². The number of amides is 2. The number of anilines is 1. The Balaban J connectivity index is 2.02. The standard InChI is InChI=1S/C13H13BrN2O2/c1-7-5-8(14)6-15-11(7)16-12(17)9-3-2-4-10(9)13(16)18/h5-6,9-10H,2-4H2,1H3. The van der Waals surface area contributed by atoms with E-state index in [1.165, 1.54) is 4.90 Å². The molecular formula is C13H13BrN2O2. The number of imide groups is 1. The lowest BCUT2D eigenvalue weighted by atomic mass is 10.00. The van der Waals surface area contributed by atoms with Gasteiger partial charge in [-0.05, 0) is 47.3 Å². The molecule has 2 amide bonds. The van der Waals surface area contributed by atoms with Crippen LogP contribution in [0.15, 0.2) is 16.7 Å². The van der Waals surface area contributed by atoms with Gasteiger partial charge in [-0.2, -0.15) is 0 Å². The number of aryl methyl sites for hydroxylation is 1. The topological polar surface area (TPSA) is 50.3 Å². The number of halogens is 1. The minimum absolute atomic E-state index is 0.0691. The number of hydrogen-bond donors (Lipinski definition) is 0. The van der Waals surface area contributed by atoms with E-state index in [4.69, 9.17) is 0 Å². The predicted octanol–water partition coefficient (Wildman–Crippen LogP) is 2.44. The number of carbonyl (C=O) groups is 2. The summed E-state index contributed by atoms with van der Waals surface area (Å²) in [7, 11) is 0. The average molecular weight is 309 g/mol. The average Bonchev–Trinajstić information content (AvgIpc) is 2.87. The lowest BCUT2D eigenvalue weighted by Crippen LogP contribution is -2.33. The molecule has 18 heavy (non-hydrogen) atoms. The van der Waals surface area contributed by atoms with E-state index in [0.717, 1.165) is 29.3 Å². The van der Waals surface area contributed by atoms with Crippen LogP contribution in [-0.4, -0.2) is 16.8 Å². The van der Waals surface area contributed by atoms with Gasteiger partial charge in [-0.25, -0.2) is 9.88 Å². The zero-order valence-electron chi connectivity index (χ0n) is 10.0. The maximum Gasteiger partial charge on any atom is 0.238 e. The largest absolute Gasteiger partial charge is 0.274 e. The number of carbonyl (C=O) groups excluding carboxylic acids is 2. The maximum absolute atomic E-state index is 12.3. The van der Waals surface area contributed by atoms with Crippen LogP contribution in [0.1, 0.15) is 24.8 Å². The lowest BCUT2D eigenvalue weighted by Gasteiger charge is -2.16. The van der Waals surface area contributed by atoms with Crippen LogP contribution in [0.5, 0.6) is 0 Å². The van der Waals surface area contributed by atoms with Gasteiger partial charge in [0.05, 0.1) is 11.8 Å². The summed E-state index contributed by atoms with van der Waals surface area (Å²) in [5.74, 6) is 0.133. The fraction of sp³-hybridized carbons (Fsp3) is 0.462. The summed E-state index contributed by atoms with van der Waals surface area (Å²) in [5.41, 5.74) is 0.839. The van der Waals surface area contributed by atoms with Crippen molar-refractivity contribution < 1.29 is 9.59 Å². The van der Waals surface area contributed by atoms with Crippen LogP contribution in [0.4, 0.5) is 5.82 Å². The molecule has 1 aromatic rings. The molecule has 1 aliphatic heterocycles. The summed E-state index contributed by atoms with van der Waals surface area (Å²) in [6.07, 6.45) is 4.27. The van der Waals surface area contributed by atoms with Gasteiger partial charge in [0.25, 0.3) is 0 Å². The Labute approximate surface area is 114 Å². The number of rotatable bonds is 1. The van der Waals surface area contributed by atoms with E-state index >= 15 is 0 Å². The van der Waals surface area contributed by atoms with Gasteiger partial charge in [0, 0.05) is 10.7 Å². The number of nitrogens with zero attached hydrogens (tertiary/aromatic N) is 2. The quantitative estimate of drug-likeness (QED) is 0.749. The van der Waals surface area contributed by atoms with Gasteiger partial charge in [-0.1, -0.05) is 6.42 Å². The van der Waals surface area contributed by atoms with E-state index in [1.54, 1.807) is 6.20 Å². The summed E-state index contributed by atoms with van der Waals surface area (Å²) >= 11 is 3.33. The monoisotopic (exact) mass is 308 g/mol. The van der Waals surface area contributed by atoms with Crippen LogP contribution in [0.2, 0.25) is 0 Å². The molecule has 0 spiro atoms. The second-order valence-corrected chi connectivity index (χ2v) is 5.87. The molecule has 2 fully saturated rings. The summed E-state index contributed by atoms with van der Waals surface area (Å²) in [5, 5.41) is 0. The highest BCUT2D eigenvalue weighted by Gasteiger charge is 2.50. The van der Waals surface area contributed by atoms with Crippen LogP contribution < -0.4 is 4.90 Å². The maximum atomic E-state index is 12.3. The van der Waals surface area contributed by atoms with Gasteiger partial charge in [0.2, 0.25) is 11.8 Å². The number of aromatic nitrogens is 1. The first-order valence-electron chi connectivity index (χ1n) is 6.09. The minimum Gasteiger partial charge on any atom is -0.274 e. The third-order valence-corrected chi connectivity index (χ3v) is 4.25.